The van der Waals surface area contributed by atoms with Gasteiger partial charge in [-0.15, -0.1) is 0 Å². The third kappa shape index (κ3) is 1.50. The van der Waals surface area contributed by atoms with Gasteiger partial charge in [-0.25, -0.2) is 4.98 Å². The molecule has 6 heteroatoms. The molecule has 1 amide bonds. The Kier molecular flexibility index (Phi) is 2.29. The van der Waals surface area contributed by atoms with Gasteiger partial charge in [0.25, 0.3) is 0 Å². The Labute approximate surface area is 90.8 Å². The summed E-state index contributed by atoms with van der Waals surface area (Å²) in [4.78, 5) is 16.2. The maximum atomic E-state index is 13.2. The zero-order valence-electron chi connectivity index (χ0n) is 8.83. The van der Waals surface area contributed by atoms with Crippen molar-refractivity contribution in [3.63, 3.8) is 0 Å². The molecule has 2 rings (SSSR count). The van der Waals surface area contributed by atoms with Crippen molar-refractivity contribution < 1.29 is 18.3 Å². The van der Waals surface area contributed by atoms with E-state index in [1.807, 2.05) is 0 Å². The smallest absolute Gasteiger partial charge is 0.421 e. The minimum Gasteiger partial charge on any atom is -0.421 e. The summed E-state index contributed by atoms with van der Waals surface area (Å²) in [5.74, 6) is -1.30. The molecule has 0 fully saturated rings. The first-order valence-electron chi connectivity index (χ1n) is 4.81. The number of fused-ring (bicyclic) bond motifs is 1. The first-order chi connectivity index (χ1) is 7.45. The molecular weight excluding hydrogens is 218 g/mol. The number of nitrogens with zero attached hydrogens (tertiary/aromatic N) is 2. The van der Waals surface area contributed by atoms with Crippen LogP contribution in [0.1, 0.15) is 12.5 Å². The monoisotopic (exact) mass is 228 g/mol. The normalized spacial score (nSPS) is 18.0. The molecular formula is C10H10F2N2O2. The van der Waals surface area contributed by atoms with E-state index in [9.17, 15) is 13.6 Å². The molecule has 16 heavy (non-hydrogen) atoms. The molecule has 0 radical (unpaired) electrons. The highest BCUT2D eigenvalue weighted by molar-refractivity contribution is 5.99. The minimum absolute atomic E-state index is 0.0635. The number of halogens is 2. The summed E-state index contributed by atoms with van der Waals surface area (Å²) < 4.78 is 30.8. The van der Waals surface area contributed by atoms with Crippen LogP contribution in [0, 0.1) is 6.92 Å². The van der Waals surface area contributed by atoms with Crippen LogP contribution in [0.15, 0.2) is 12.3 Å². The van der Waals surface area contributed by atoms with Crippen molar-refractivity contribution in [3.05, 3.63) is 17.8 Å². The van der Waals surface area contributed by atoms with Gasteiger partial charge in [0.1, 0.15) is 0 Å². The lowest BCUT2D eigenvalue weighted by Gasteiger charge is -2.31. The van der Waals surface area contributed by atoms with E-state index in [1.54, 1.807) is 13.8 Å². The summed E-state index contributed by atoms with van der Waals surface area (Å²) in [5.41, 5.74) is 0.694. The molecule has 0 aliphatic carbocycles. The molecule has 4 nitrogen and oxygen atoms in total. The lowest BCUT2D eigenvalue weighted by atomic mass is 10.2. The van der Waals surface area contributed by atoms with Gasteiger partial charge in [0.05, 0.1) is 0 Å². The SMILES string of the molecule is CCN1C(=O)C(F)(F)Oc2cc(C)cnc21. The van der Waals surface area contributed by atoms with Gasteiger partial charge in [-0.3, -0.25) is 9.69 Å². The Bertz CT molecular complexity index is 448. The van der Waals surface area contributed by atoms with Crippen LogP contribution in [-0.4, -0.2) is 23.5 Å². The van der Waals surface area contributed by atoms with Crippen LogP contribution >= 0.6 is 0 Å². The predicted octanol–water partition coefficient (Wildman–Crippen LogP) is 1.73. The summed E-state index contributed by atoms with van der Waals surface area (Å²) in [7, 11) is 0. The molecule has 0 N–H and O–H groups in total. The molecule has 2 heterocycles. The molecule has 0 unspecified atom stereocenters. The number of ether oxygens (including phenoxy) is 1. The highest BCUT2D eigenvalue weighted by Gasteiger charge is 2.50. The Morgan fingerprint density at radius 3 is 2.88 bits per heavy atom. The van der Waals surface area contributed by atoms with Gasteiger partial charge in [0.2, 0.25) is 0 Å². The maximum Gasteiger partial charge on any atom is 0.483 e. The number of alkyl halides is 2. The van der Waals surface area contributed by atoms with Crippen molar-refractivity contribution in [3.8, 4) is 5.75 Å². The third-order valence-electron chi connectivity index (χ3n) is 2.27. The molecule has 0 spiro atoms. The molecule has 0 saturated heterocycles. The summed E-state index contributed by atoms with van der Waals surface area (Å²) in [6.45, 7) is 3.44. The number of pyridine rings is 1. The number of rotatable bonds is 1. The number of hydrogen-bond acceptors (Lipinski definition) is 3. The largest absolute Gasteiger partial charge is 0.483 e. The van der Waals surface area contributed by atoms with E-state index in [4.69, 9.17) is 0 Å². The van der Waals surface area contributed by atoms with Crippen molar-refractivity contribution >= 4 is 11.7 Å². The van der Waals surface area contributed by atoms with Crippen molar-refractivity contribution in [1.29, 1.82) is 0 Å². The fourth-order valence-electron chi connectivity index (χ4n) is 1.54. The second kappa shape index (κ2) is 3.40. The van der Waals surface area contributed by atoms with Gasteiger partial charge in [0, 0.05) is 12.7 Å². The average Bonchev–Trinajstić information content (AvgIpc) is 2.20. The highest BCUT2D eigenvalue weighted by atomic mass is 19.3. The minimum atomic E-state index is -3.81. The number of hydrogen-bond donors (Lipinski definition) is 0. The third-order valence-corrected chi connectivity index (χ3v) is 2.27. The zero-order valence-corrected chi connectivity index (χ0v) is 8.83. The van der Waals surface area contributed by atoms with Crippen molar-refractivity contribution in [2.45, 2.75) is 20.0 Å². The average molecular weight is 228 g/mol. The van der Waals surface area contributed by atoms with Crippen LogP contribution in [-0.2, 0) is 4.79 Å². The van der Waals surface area contributed by atoms with Crippen LogP contribution in [0.2, 0.25) is 0 Å². The van der Waals surface area contributed by atoms with Gasteiger partial charge in [-0.1, -0.05) is 0 Å². The number of anilines is 1. The predicted molar refractivity (Wildman–Crippen MR) is 52.6 cm³/mol. The molecule has 0 saturated carbocycles. The molecule has 0 bridgehead atoms. The highest BCUT2D eigenvalue weighted by Crippen LogP contribution is 2.37. The number of likely N-dealkylation sites (N-methyl/N-ethyl adjacent to an activating group) is 1. The lowest BCUT2D eigenvalue weighted by molar-refractivity contribution is -0.193. The number of aromatic nitrogens is 1. The summed E-state index contributed by atoms with van der Waals surface area (Å²) >= 11 is 0. The second-order valence-electron chi connectivity index (χ2n) is 3.50. The van der Waals surface area contributed by atoms with Crippen LogP contribution in [0.25, 0.3) is 0 Å². The van der Waals surface area contributed by atoms with Crippen LogP contribution in [0.3, 0.4) is 0 Å². The maximum absolute atomic E-state index is 13.2. The Morgan fingerprint density at radius 2 is 2.25 bits per heavy atom. The molecule has 0 atom stereocenters. The number of carbonyl (C=O) groups excluding carboxylic acids is 1. The summed E-state index contributed by atoms with van der Waals surface area (Å²) in [6, 6.07) is 1.44. The zero-order chi connectivity index (χ0) is 11.9. The van der Waals surface area contributed by atoms with E-state index in [-0.39, 0.29) is 18.1 Å². The summed E-state index contributed by atoms with van der Waals surface area (Å²) in [6.07, 6.45) is -2.31. The van der Waals surface area contributed by atoms with E-state index in [0.717, 1.165) is 4.90 Å². The van der Waals surface area contributed by atoms with Crippen LogP contribution in [0.4, 0.5) is 14.6 Å². The van der Waals surface area contributed by atoms with E-state index >= 15 is 0 Å². The lowest BCUT2D eigenvalue weighted by Crippen LogP contribution is -2.51. The fourth-order valence-corrected chi connectivity index (χ4v) is 1.54. The van der Waals surface area contributed by atoms with E-state index in [1.165, 1.54) is 12.3 Å². The van der Waals surface area contributed by atoms with E-state index in [0.29, 0.717) is 5.56 Å². The quantitative estimate of drug-likeness (QED) is 0.735. The van der Waals surface area contributed by atoms with E-state index < -0.39 is 12.0 Å². The summed E-state index contributed by atoms with van der Waals surface area (Å²) in [5, 5.41) is 0. The standard InChI is InChI=1S/C10H10F2N2O2/c1-3-14-8-7(4-6(2)5-13-8)16-10(11,12)9(14)15/h4-5H,3H2,1-2H3. The van der Waals surface area contributed by atoms with Crippen LogP contribution < -0.4 is 9.64 Å². The van der Waals surface area contributed by atoms with Gasteiger partial charge in [-0.2, -0.15) is 8.78 Å². The van der Waals surface area contributed by atoms with Crippen molar-refractivity contribution in [1.82, 2.24) is 4.98 Å². The second-order valence-corrected chi connectivity index (χ2v) is 3.50. The Hall–Kier alpha value is -1.72. The van der Waals surface area contributed by atoms with Crippen LogP contribution in [0.5, 0.6) is 5.75 Å². The van der Waals surface area contributed by atoms with Gasteiger partial charge in [0.15, 0.2) is 11.6 Å². The molecule has 1 aromatic heterocycles. The first kappa shape index (κ1) is 10.8. The van der Waals surface area contributed by atoms with Gasteiger partial charge < -0.3 is 4.74 Å². The fraction of sp³-hybridized carbons (Fsp3) is 0.400. The van der Waals surface area contributed by atoms with Gasteiger partial charge >= 0.3 is 12.0 Å². The van der Waals surface area contributed by atoms with Gasteiger partial charge in [-0.05, 0) is 25.5 Å². The molecule has 86 valence electrons. The molecule has 0 aromatic carbocycles. The molecule has 1 aliphatic rings. The number of carbonyl (C=O) groups is 1. The van der Waals surface area contributed by atoms with Crippen molar-refractivity contribution in [2.24, 2.45) is 0 Å². The Morgan fingerprint density at radius 1 is 1.56 bits per heavy atom. The van der Waals surface area contributed by atoms with E-state index in [2.05, 4.69) is 9.72 Å². The van der Waals surface area contributed by atoms with Crippen molar-refractivity contribution in [2.75, 3.05) is 11.4 Å². The number of amides is 1. The topological polar surface area (TPSA) is 42.4 Å². The Balaban J connectivity index is 2.55. The molecule has 1 aliphatic heterocycles. The molecule has 1 aromatic rings. The first-order valence-corrected chi connectivity index (χ1v) is 4.81. The number of aryl methyl sites for hydroxylation is 1.